The van der Waals surface area contributed by atoms with Gasteiger partial charge in [-0.1, -0.05) is 59.6 Å². The van der Waals surface area contributed by atoms with Crippen LogP contribution in [-0.2, 0) is 5.41 Å². The van der Waals surface area contributed by atoms with Gasteiger partial charge in [0.25, 0.3) is 0 Å². The van der Waals surface area contributed by atoms with Crippen LogP contribution in [0, 0.1) is 11.8 Å². The molecule has 2 aliphatic rings. The average Bonchev–Trinajstić information content (AvgIpc) is 3.55. The Morgan fingerprint density at radius 1 is 0.622 bits per heavy atom. The summed E-state index contributed by atoms with van der Waals surface area (Å²) in [6.07, 6.45) is 0. The predicted molar refractivity (Wildman–Crippen MR) is 144 cm³/mol. The van der Waals surface area contributed by atoms with E-state index in [1.165, 1.54) is 0 Å². The van der Waals surface area contributed by atoms with Gasteiger partial charge in [-0.3, -0.25) is 9.59 Å². The summed E-state index contributed by atoms with van der Waals surface area (Å²) in [6.45, 7) is 0. The number of carbonyl (C=O) groups is 2. The van der Waals surface area contributed by atoms with E-state index in [9.17, 15) is 9.59 Å². The number of Topliss-reactive ketones (excluding diaryl/α,β-unsaturated/α-hetero) is 2. The van der Waals surface area contributed by atoms with Crippen LogP contribution in [0.2, 0.25) is 10.0 Å². The number of halogens is 2. The van der Waals surface area contributed by atoms with E-state index in [0.29, 0.717) is 26.9 Å². The van der Waals surface area contributed by atoms with E-state index >= 15 is 0 Å². The monoisotopic (exact) mass is 520 g/mol. The first-order valence-electron chi connectivity index (χ1n) is 12.0. The lowest BCUT2D eigenvalue weighted by molar-refractivity contribution is 0.0906. The zero-order valence-corrected chi connectivity index (χ0v) is 20.9. The van der Waals surface area contributed by atoms with Gasteiger partial charge in [-0.2, -0.15) is 0 Å². The first-order chi connectivity index (χ1) is 18.0. The summed E-state index contributed by atoms with van der Waals surface area (Å²) < 4.78 is 0. The van der Waals surface area contributed by atoms with Crippen molar-refractivity contribution < 1.29 is 9.59 Å². The molecule has 5 aromatic rings. The minimum Gasteiger partial charge on any atom is -0.294 e. The summed E-state index contributed by atoms with van der Waals surface area (Å²) in [6, 6.07) is 29.2. The maximum absolute atomic E-state index is 14.1. The van der Waals surface area contributed by atoms with Crippen LogP contribution < -0.4 is 0 Å². The number of ketones is 2. The van der Waals surface area contributed by atoms with Gasteiger partial charge in [0.15, 0.2) is 11.6 Å². The SMILES string of the molecule is O=C(c1ccc(Cl)cc1)[C@@H]1[C@@H](C(=O)c2ccc(Cl)cc2)C12c1ccccc1-c1nc3ccccc3nc12. The Kier molecular flexibility index (Phi) is 4.87. The van der Waals surface area contributed by atoms with Gasteiger partial charge in [0.1, 0.15) is 0 Å². The van der Waals surface area contributed by atoms with Gasteiger partial charge in [-0.25, -0.2) is 9.97 Å². The number of nitrogens with zero attached hydrogens (tertiary/aromatic N) is 2. The highest BCUT2D eigenvalue weighted by molar-refractivity contribution is 6.31. The summed E-state index contributed by atoms with van der Waals surface area (Å²) in [5.74, 6) is -1.48. The lowest BCUT2D eigenvalue weighted by atomic mass is 9.89. The number of hydrogen-bond acceptors (Lipinski definition) is 4. The van der Waals surface area contributed by atoms with Crippen molar-refractivity contribution in [2.75, 3.05) is 0 Å². The van der Waals surface area contributed by atoms with Gasteiger partial charge in [-0.05, 0) is 66.2 Å². The largest absolute Gasteiger partial charge is 0.294 e. The fourth-order valence-corrected chi connectivity index (χ4v) is 6.23. The molecule has 0 amide bonds. The third-order valence-electron chi connectivity index (χ3n) is 7.62. The van der Waals surface area contributed by atoms with Crippen LogP contribution in [0.25, 0.3) is 22.3 Å². The summed E-state index contributed by atoms with van der Waals surface area (Å²) >= 11 is 12.2. The van der Waals surface area contributed by atoms with Crippen LogP contribution in [-0.4, -0.2) is 21.5 Å². The second-order valence-corrected chi connectivity index (χ2v) is 10.4. The van der Waals surface area contributed by atoms with Crippen LogP contribution in [0.5, 0.6) is 0 Å². The van der Waals surface area contributed by atoms with E-state index in [1.54, 1.807) is 48.5 Å². The first kappa shape index (κ1) is 22.3. The highest BCUT2D eigenvalue weighted by Crippen LogP contribution is 2.70. The molecule has 1 saturated carbocycles. The predicted octanol–water partition coefficient (Wildman–Crippen LogP) is 7.21. The van der Waals surface area contributed by atoms with E-state index in [-0.39, 0.29) is 11.6 Å². The molecule has 1 fully saturated rings. The minimum absolute atomic E-state index is 0.110. The van der Waals surface area contributed by atoms with E-state index in [2.05, 4.69) is 0 Å². The van der Waals surface area contributed by atoms with E-state index < -0.39 is 17.3 Å². The van der Waals surface area contributed by atoms with Crippen molar-refractivity contribution in [3.63, 3.8) is 0 Å². The van der Waals surface area contributed by atoms with E-state index in [0.717, 1.165) is 27.9 Å². The molecule has 1 aromatic heterocycles. The maximum atomic E-state index is 14.1. The zero-order valence-electron chi connectivity index (χ0n) is 19.4. The Bertz CT molecular complexity index is 1680. The van der Waals surface area contributed by atoms with Crippen molar-refractivity contribution >= 4 is 45.8 Å². The van der Waals surface area contributed by atoms with Crippen LogP contribution in [0.3, 0.4) is 0 Å². The molecule has 1 spiro atoms. The van der Waals surface area contributed by atoms with Crippen molar-refractivity contribution in [2.24, 2.45) is 11.8 Å². The number of aromatic nitrogens is 2. The lowest BCUT2D eigenvalue weighted by Gasteiger charge is -2.14. The Morgan fingerprint density at radius 2 is 1.11 bits per heavy atom. The molecule has 0 bridgehead atoms. The number of benzene rings is 4. The van der Waals surface area contributed by atoms with Crippen molar-refractivity contribution in [2.45, 2.75) is 5.41 Å². The van der Waals surface area contributed by atoms with Crippen molar-refractivity contribution in [3.05, 3.63) is 129 Å². The van der Waals surface area contributed by atoms with Gasteiger partial charge >= 0.3 is 0 Å². The van der Waals surface area contributed by atoms with Crippen LogP contribution in [0.4, 0.5) is 0 Å². The van der Waals surface area contributed by atoms with Gasteiger partial charge in [0, 0.05) is 38.6 Å². The molecule has 2 atom stereocenters. The summed E-state index contributed by atoms with van der Waals surface area (Å²) in [5.41, 5.74) is 4.87. The molecule has 4 aromatic carbocycles. The standard InChI is InChI=1S/C31H18Cl2N2O2/c32-19-13-9-17(10-14-19)28(36)25-26(29(37)18-11-15-20(33)16-12-18)31(25)22-6-2-1-5-21(22)27-30(31)35-24-8-4-3-7-23(24)34-27/h1-16,25-26H/t25-,26-/m0/s1. The Labute approximate surface area is 222 Å². The third kappa shape index (κ3) is 3.16. The first-order valence-corrected chi connectivity index (χ1v) is 12.7. The molecule has 4 nitrogen and oxygen atoms in total. The minimum atomic E-state index is -0.906. The number of hydrogen-bond donors (Lipinski definition) is 0. The molecule has 6 heteroatoms. The number of para-hydroxylation sites is 2. The van der Waals surface area contributed by atoms with Crippen molar-refractivity contribution in [3.8, 4) is 11.3 Å². The molecule has 1 heterocycles. The fraction of sp³-hybridized carbons (Fsp3) is 0.0968. The van der Waals surface area contributed by atoms with E-state index in [1.807, 2.05) is 48.5 Å². The Hall–Kier alpha value is -3.86. The highest BCUT2D eigenvalue weighted by Gasteiger charge is 2.76. The molecule has 7 rings (SSSR count). The smallest absolute Gasteiger partial charge is 0.168 e. The lowest BCUT2D eigenvalue weighted by Crippen LogP contribution is -2.18. The highest BCUT2D eigenvalue weighted by atomic mass is 35.5. The normalized spacial score (nSPS) is 21.0. The van der Waals surface area contributed by atoms with Crippen molar-refractivity contribution in [1.29, 1.82) is 0 Å². The number of rotatable bonds is 4. The fourth-order valence-electron chi connectivity index (χ4n) is 5.98. The molecule has 0 unspecified atom stereocenters. The van der Waals surface area contributed by atoms with Crippen LogP contribution in [0.1, 0.15) is 32.0 Å². The average molecular weight is 521 g/mol. The van der Waals surface area contributed by atoms with Gasteiger partial charge in [0.2, 0.25) is 0 Å². The van der Waals surface area contributed by atoms with Crippen LogP contribution >= 0.6 is 23.2 Å². The van der Waals surface area contributed by atoms with E-state index in [4.69, 9.17) is 33.2 Å². The maximum Gasteiger partial charge on any atom is 0.168 e. The molecule has 0 radical (unpaired) electrons. The van der Waals surface area contributed by atoms with Gasteiger partial charge in [0.05, 0.1) is 27.8 Å². The summed E-state index contributed by atoms with van der Waals surface area (Å²) in [5, 5.41) is 1.09. The second-order valence-electron chi connectivity index (χ2n) is 9.52. The van der Waals surface area contributed by atoms with Crippen molar-refractivity contribution in [1.82, 2.24) is 9.97 Å². The zero-order chi connectivity index (χ0) is 25.3. The number of carbonyl (C=O) groups excluding carboxylic acids is 2. The summed E-state index contributed by atoms with van der Waals surface area (Å²) in [7, 11) is 0. The molecular formula is C31H18Cl2N2O2. The quantitative estimate of drug-likeness (QED) is 0.235. The van der Waals surface area contributed by atoms with Gasteiger partial charge in [-0.15, -0.1) is 0 Å². The number of fused-ring (bicyclic) bond motifs is 6. The molecular weight excluding hydrogens is 503 g/mol. The molecule has 0 aliphatic heterocycles. The topological polar surface area (TPSA) is 59.9 Å². The van der Waals surface area contributed by atoms with Crippen LogP contribution in [0.15, 0.2) is 97.1 Å². The van der Waals surface area contributed by atoms with Gasteiger partial charge < -0.3 is 0 Å². The molecule has 0 N–H and O–H groups in total. The molecule has 37 heavy (non-hydrogen) atoms. The third-order valence-corrected chi connectivity index (χ3v) is 8.12. The Morgan fingerprint density at radius 3 is 1.68 bits per heavy atom. The molecule has 0 saturated heterocycles. The Balaban J connectivity index is 1.48. The molecule has 178 valence electrons. The molecule has 2 aliphatic carbocycles. The summed E-state index contributed by atoms with van der Waals surface area (Å²) in [4.78, 5) is 38.2. The second kappa shape index (κ2) is 8.07.